The molecule has 3 aromatic carbocycles. The van der Waals surface area contributed by atoms with Crippen molar-refractivity contribution in [2.45, 2.75) is 13.8 Å². The molecule has 0 spiro atoms. The smallest absolute Gasteiger partial charge is 0.344 e. The summed E-state index contributed by atoms with van der Waals surface area (Å²) in [6.45, 7) is 6.85. The second kappa shape index (κ2) is 8.58. The van der Waals surface area contributed by atoms with Gasteiger partial charge < -0.3 is 14.2 Å². The van der Waals surface area contributed by atoms with E-state index in [1.165, 1.54) is 16.8 Å². The molecule has 1 aliphatic rings. The first-order chi connectivity index (χ1) is 16.0. The minimum absolute atomic E-state index is 0.116. The molecule has 0 aliphatic carbocycles. The van der Waals surface area contributed by atoms with Gasteiger partial charge >= 0.3 is 5.63 Å². The number of hydrogen-bond acceptors (Lipinski definition) is 4. The summed E-state index contributed by atoms with van der Waals surface area (Å²) in [6, 6.07) is 23.3. The Morgan fingerprint density at radius 3 is 2.18 bits per heavy atom. The van der Waals surface area contributed by atoms with Crippen LogP contribution in [0.1, 0.15) is 21.7 Å². The average molecular weight is 439 g/mol. The highest BCUT2D eigenvalue weighted by Gasteiger charge is 2.28. The summed E-state index contributed by atoms with van der Waals surface area (Å²) in [5.41, 5.74) is 4.79. The molecule has 1 aliphatic heterocycles. The molecule has 166 valence electrons. The number of rotatable bonds is 3. The molecule has 0 radical (unpaired) electrons. The van der Waals surface area contributed by atoms with Gasteiger partial charge in [0, 0.05) is 42.8 Å². The molecule has 1 saturated heterocycles. The SMILES string of the molecule is Cc1cccc(N2CCN(C(=O)c3oc(=O)c4ccccc4c3-c3ccccc3)CC2)c1C. The Balaban J connectivity index is 1.50. The van der Waals surface area contributed by atoms with Crippen LogP contribution in [0.2, 0.25) is 0 Å². The van der Waals surface area contributed by atoms with Gasteiger partial charge in [0.25, 0.3) is 5.91 Å². The zero-order valence-corrected chi connectivity index (χ0v) is 18.9. The van der Waals surface area contributed by atoms with Crippen molar-refractivity contribution in [3.8, 4) is 11.1 Å². The predicted molar refractivity (Wildman–Crippen MR) is 132 cm³/mol. The summed E-state index contributed by atoms with van der Waals surface area (Å²) in [6.07, 6.45) is 0. The molecule has 0 atom stereocenters. The van der Waals surface area contributed by atoms with E-state index in [4.69, 9.17) is 4.42 Å². The summed E-state index contributed by atoms with van der Waals surface area (Å²) in [5, 5.41) is 1.21. The quantitative estimate of drug-likeness (QED) is 0.450. The molecule has 4 aromatic rings. The Bertz CT molecular complexity index is 1380. The van der Waals surface area contributed by atoms with E-state index in [0.717, 1.165) is 24.0 Å². The predicted octanol–water partition coefficient (Wildman–Crippen LogP) is 5.04. The van der Waals surface area contributed by atoms with Crippen LogP contribution < -0.4 is 10.5 Å². The highest BCUT2D eigenvalue weighted by Crippen LogP contribution is 2.32. The molecular formula is C28H26N2O3. The molecule has 0 bridgehead atoms. The van der Waals surface area contributed by atoms with Crippen molar-refractivity contribution >= 4 is 22.4 Å². The molecular weight excluding hydrogens is 412 g/mol. The molecule has 33 heavy (non-hydrogen) atoms. The molecule has 0 N–H and O–H groups in total. The fourth-order valence-electron chi connectivity index (χ4n) is 4.61. The van der Waals surface area contributed by atoms with Crippen molar-refractivity contribution < 1.29 is 9.21 Å². The third kappa shape index (κ3) is 3.80. The number of anilines is 1. The average Bonchev–Trinajstić information content (AvgIpc) is 2.86. The molecule has 5 heteroatoms. The van der Waals surface area contributed by atoms with Crippen molar-refractivity contribution in [3.05, 3.63) is 100 Å². The Morgan fingerprint density at radius 1 is 0.788 bits per heavy atom. The zero-order valence-electron chi connectivity index (χ0n) is 18.9. The van der Waals surface area contributed by atoms with Crippen LogP contribution in [-0.2, 0) is 0 Å². The summed E-state index contributed by atoms with van der Waals surface area (Å²) in [5.74, 6) is -0.123. The van der Waals surface area contributed by atoms with Crippen LogP contribution in [0, 0.1) is 13.8 Å². The number of aryl methyl sites for hydroxylation is 1. The van der Waals surface area contributed by atoms with Crippen molar-refractivity contribution in [2.75, 3.05) is 31.1 Å². The standard InChI is InChI=1S/C28H26N2O3/c1-19-9-8-14-24(20(19)2)29-15-17-30(18-16-29)27(31)26-25(21-10-4-3-5-11-21)22-12-6-7-13-23(22)28(32)33-26/h3-14H,15-18H2,1-2H3. The number of piperazine rings is 1. The fourth-order valence-corrected chi connectivity index (χ4v) is 4.61. The number of amides is 1. The first-order valence-corrected chi connectivity index (χ1v) is 11.3. The second-order valence-corrected chi connectivity index (χ2v) is 8.50. The van der Waals surface area contributed by atoms with Gasteiger partial charge in [-0.3, -0.25) is 4.79 Å². The van der Waals surface area contributed by atoms with Crippen LogP contribution in [0.15, 0.2) is 82.0 Å². The number of carbonyl (C=O) groups is 1. The van der Waals surface area contributed by atoms with E-state index in [-0.39, 0.29) is 11.7 Å². The number of hydrogen-bond donors (Lipinski definition) is 0. The molecule has 0 unspecified atom stereocenters. The van der Waals surface area contributed by atoms with E-state index >= 15 is 0 Å². The van der Waals surface area contributed by atoms with E-state index in [0.29, 0.717) is 24.0 Å². The fraction of sp³-hybridized carbons (Fsp3) is 0.214. The lowest BCUT2D eigenvalue weighted by atomic mass is 9.97. The Morgan fingerprint density at radius 2 is 1.45 bits per heavy atom. The van der Waals surface area contributed by atoms with Gasteiger partial charge in [0.05, 0.1) is 5.39 Å². The maximum Gasteiger partial charge on any atom is 0.344 e. The number of nitrogens with zero attached hydrogens (tertiary/aromatic N) is 2. The van der Waals surface area contributed by atoms with Crippen molar-refractivity contribution in [3.63, 3.8) is 0 Å². The molecule has 1 fully saturated rings. The molecule has 0 saturated carbocycles. The van der Waals surface area contributed by atoms with E-state index in [9.17, 15) is 9.59 Å². The van der Waals surface area contributed by atoms with Crippen LogP contribution in [0.5, 0.6) is 0 Å². The topological polar surface area (TPSA) is 53.8 Å². The van der Waals surface area contributed by atoms with Crippen LogP contribution in [0.25, 0.3) is 21.9 Å². The minimum atomic E-state index is -0.484. The third-order valence-corrected chi connectivity index (χ3v) is 6.58. The first-order valence-electron chi connectivity index (χ1n) is 11.3. The lowest BCUT2D eigenvalue weighted by Crippen LogP contribution is -2.49. The van der Waals surface area contributed by atoms with Crippen LogP contribution >= 0.6 is 0 Å². The van der Waals surface area contributed by atoms with Gasteiger partial charge in [-0.2, -0.15) is 0 Å². The van der Waals surface area contributed by atoms with Gasteiger partial charge in [-0.1, -0.05) is 60.7 Å². The third-order valence-electron chi connectivity index (χ3n) is 6.58. The van der Waals surface area contributed by atoms with Gasteiger partial charge in [-0.15, -0.1) is 0 Å². The van der Waals surface area contributed by atoms with Crippen LogP contribution in [0.4, 0.5) is 5.69 Å². The largest absolute Gasteiger partial charge is 0.416 e. The first kappa shape index (κ1) is 21.0. The Labute approximate surface area is 192 Å². The summed E-state index contributed by atoms with van der Waals surface area (Å²) >= 11 is 0. The van der Waals surface area contributed by atoms with Crippen LogP contribution in [-0.4, -0.2) is 37.0 Å². The second-order valence-electron chi connectivity index (χ2n) is 8.50. The van der Waals surface area contributed by atoms with Gasteiger partial charge in [-0.25, -0.2) is 4.79 Å². The summed E-state index contributed by atoms with van der Waals surface area (Å²) in [4.78, 5) is 30.5. The van der Waals surface area contributed by atoms with Crippen molar-refractivity contribution in [1.82, 2.24) is 4.90 Å². The summed E-state index contributed by atoms with van der Waals surface area (Å²) < 4.78 is 5.68. The monoisotopic (exact) mass is 438 g/mol. The number of carbonyl (C=O) groups excluding carboxylic acids is 1. The molecule has 1 aromatic heterocycles. The van der Waals surface area contributed by atoms with Gasteiger partial charge in [0.1, 0.15) is 0 Å². The lowest BCUT2D eigenvalue weighted by molar-refractivity contribution is 0.0711. The van der Waals surface area contributed by atoms with E-state index < -0.39 is 5.63 Å². The van der Waals surface area contributed by atoms with Crippen molar-refractivity contribution in [2.24, 2.45) is 0 Å². The Hall–Kier alpha value is -3.86. The molecule has 5 nitrogen and oxygen atoms in total. The van der Waals surface area contributed by atoms with Gasteiger partial charge in [-0.05, 0) is 42.7 Å². The molecule has 5 rings (SSSR count). The maximum atomic E-state index is 13.6. The Kier molecular flexibility index (Phi) is 5.47. The minimum Gasteiger partial charge on any atom is -0.416 e. The van der Waals surface area contributed by atoms with Crippen molar-refractivity contribution in [1.29, 1.82) is 0 Å². The zero-order chi connectivity index (χ0) is 22.9. The summed E-state index contributed by atoms with van der Waals surface area (Å²) in [7, 11) is 0. The van der Waals surface area contributed by atoms with Gasteiger partial charge in [0.15, 0.2) is 0 Å². The normalized spacial score (nSPS) is 14.0. The maximum absolute atomic E-state index is 13.6. The van der Waals surface area contributed by atoms with Crippen LogP contribution in [0.3, 0.4) is 0 Å². The highest BCUT2D eigenvalue weighted by atomic mass is 16.4. The lowest BCUT2D eigenvalue weighted by Gasteiger charge is -2.37. The molecule has 1 amide bonds. The molecule has 2 heterocycles. The van der Waals surface area contributed by atoms with E-state index in [1.54, 1.807) is 11.0 Å². The number of benzene rings is 3. The van der Waals surface area contributed by atoms with E-state index in [2.05, 4.69) is 36.9 Å². The van der Waals surface area contributed by atoms with E-state index in [1.807, 2.05) is 48.5 Å². The highest BCUT2D eigenvalue weighted by molar-refractivity contribution is 6.07. The number of fused-ring (bicyclic) bond motifs is 1. The van der Waals surface area contributed by atoms with Gasteiger partial charge in [0.2, 0.25) is 5.76 Å².